The first-order chi connectivity index (χ1) is 9.11. The van der Waals surface area contributed by atoms with Gasteiger partial charge in [-0.3, -0.25) is 0 Å². The lowest BCUT2D eigenvalue weighted by Gasteiger charge is -2.08. The zero-order chi connectivity index (χ0) is 13.4. The summed E-state index contributed by atoms with van der Waals surface area (Å²) in [5, 5.41) is 3.09. The molecule has 98 valence electrons. The van der Waals surface area contributed by atoms with Crippen molar-refractivity contribution in [2.24, 2.45) is 0 Å². The summed E-state index contributed by atoms with van der Waals surface area (Å²) >= 11 is 5.91. The predicted molar refractivity (Wildman–Crippen MR) is 68.7 cm³/mol. The third-order valence-electron chi connectivity index (χ3n) is 2.85. The number of nitrogens with one attached hydrogen (secondary N) is 1. The summed E-state index contributed by atoms with van der Waals surface area (Å²) in [5.41, 5.74) is 0.151. The van der Waals surface area contributed by atoms with E-state index in [0.717, 1.165) is 18.9 Å². The zero-order valence-electron chi connectivity index (χ0n) is 9.83. The van der Waals surface area contributed by atoms with Crippen molar-refractivity contribution in [3.8, 4) is 0 Å². The van der Waals surface area contributed by atoms with Crippen LogP contribution < -0.4 is 5.32 Å². The molecule has 1 aliphatic rings. The molecule has 0 amide bonds. The molecule has 3 nitrogen and oxygen atoms in total. The van der Waals surface area contributed by atoms with Crippen molar-refractivity contribution >= 4 is 23.1 Å². The first kappa shape index (κ1) is 12.3. The molecule has 0 spiro atoms. The van der Waals surface area contributed by atoms with Gasteiger partial charge in [-0.25, -0.2) is 18.7 Å². The van der Waals surface area contributed by atoms with Crippen LogP contribution in [0.3, 0.4) is 0 Å². The van der Waals surface area contributed by atoms with E-state index in [0.29, 0.717) is 22.7 Å². The topological polar surface area (TPSA) is 37.8 Å². The Balaban J connectivity index is 1.89. The number of hydrogen-bond acceptors (Lipinski definition) is 3. The van der Waals surface area contributed by atoms with Crippen molar-refractivity contribution in [2.75, 3.05) is 5.32 Å². The van der Waals surface area contributed by atoms with Gasteiger partial charge in [0.1, 0.15) is 28.4 Å². The molecule has 1 heterocycles. The van der Waals surface area contributed by atoms with Crippen LogP contribution >= 0.6 is 11.6 Å². The Hall–Kier alpha value is -1.75. The lowest BCUT2D eigenvalue weighted by molar-refractivity contribution is 0.586. The van der Waals surface area contributed by atoms with Crippen LogP contribution in [-0.4, -0.2) is 9.97 Å². The predicted octanol–water partition coefficient (Wildman–Crippen LogP) is 4.03. The molecule has 1 N–H and O–H groups in total. The van der Waals surface area contributed by atoms with E-state index in [-0.39, 0.29) is 5.69 Å². The maximum absolute atomic E-state index is 13.5. The van der Waals surface area contributed by atoms with Crippen LogP contribution in [0, 0.1) is 11.6 Å². The van der Waals surface area contributed by atoms with Crippen molar-refractivity contribution in [3.63, 3.8) is 0 Å². The third-order valence-corrected chi connectivity index (χ3v) is 3.04. The fourth-order valence-electron chi connectivity index (χ4n) is 1.75. The summed E-state index contributed by atoms with van der Waals surface area (Å²) in [6.45, 7) is 0. The summed E-state index contributed by atoms with van der Waals surface area (Å²) in [6, 6.07) is 4.82. The lowest BCUT2D eigenvalue weighted by Crippen LogP contribution is -2.01. The van der Waals surface area contributed by atoms with Gasteiger partial charge >= 0.3 is 0 Å². The molecule has 0 unspecified atom stereocenters. The van der Waals surface area contributed by atoms with Crippen molar-refractivity contribution in [1.82, 2.24) is 9.97 Å². The van der Waals surface area contributed by atoms with Crippen LogP contribution in [0.4, 0.5) is 20.3 Å². The minimum atomic E-state index is -0.678. The standard InChI is InChI=1S/C13H10ClF2N3/c14-11-6-12(19-13(18-11)7-1-2-7)17-10-4-3-8(15)5-9(10)16/h3-7H,1-2H2,(H,17,18,19). The molecule has 0 saturated heterocycles. The van der Waals surface area contributed by atoms with E-state index in [1.165, 1.54) is 18.2 Å². The van der Waals surface area contributed by atoms with Crippen LogP contribution in [-0.2, 0) is 0 Å². The molecule has 19 heavy (non-hydrogen) atoms. The summed E-state index contributed by atoms with van der Waals surface area (Å²) in [4.78, 5) is 8.42. The zero-order valence-corrected chi connectivity index (χ0v) is 10.6. The average molecular weight is 282 g/mol. The molecule has 0 radical (unpaired) electrons. The molecule has 1 saturated carbocycles. The number of benzene rings is 1. The normalized spacial score (nSPS) is 14.5. The van der Waals surface area contributed by atoms with Crippen LogP contribution in [0.5, 0.6) is 0 Å². The highest BCUT2D eigenvalue weighted by atomic mass is 35.5. The smallest absolute Gasteiger partial charge is 0.149 e. The fraction of sp³-hybridized carbons (Fsp3) is 0.231. The number of hydrogen-bond donors (Lipinski definition) is 1. The minimum Gasteiger partial charge on any atom is -0.338 e. The Morgan fingerprint density at radius 1 is 1.16 bits per heavy atom. The van der Waals surface area contributed by atoms with E-state index >= 15 is 0 Å². The molecule has 2 aromatic rings. The van der Waals surface area contributed by atoms with Gasteiger partial charge in [0.05, 0.1) is 5.69 Å². The molecule has 0 atom stereocenters. The van der Waals surface area contributed by atoms with E-state index in [1.807, 2.05) is 0 Å². The Labute approximate surface area is 113 Å². The molecule has 1 fully saturated rings. The second-order valence-corrected chi connectivity index (χ2v) is 4.84. The third kappa shape index (κ3) is 2.81. The van der Waals surface area contributed by atoms with Crippen LogP contribution in [0.15, 0.2) is 24.3 Å². The largest absolute Gasteiger partial charge is 0.338 e. The maximum atomic E-state index is 13.5. The van der Waals surface area contributed by atoms with Gasteiger partial charge < -0.3 is 5.32 Å². The number of aromatic nitrogens is 2. The average Bonchev–Trinajstić information content (AvgIpc) is 3.16. The van der Waals surface area contributed by atoms with Crippen LogP contribution in [0.1, 0.15) is 24.6 Å². The monoisotopic (exact) mass is 281 g/mol. The van der Waals surface area contributed by atoms with Crippen LogP contribution in [0.25, 0.3) is 0 Å². The lowest BCUT2D eigenvalue weighted by atomic mass is 10.3. The van der Waals surface area contributed by atoms with Crippen LogP contribution in [0.2, 0.25) is 5.15 Å². The second kappa shape index (κ2) is 4.74. The molecule has 1 aromatic carbocycles. The van der Waals surface area contributed by atoms with Gasteiger partial charge in [0.25, 0.3) is 0 Å². The Morgan fingerprint density at radius 2 is 1.95 bits per heavy atom. The highest BCUT2D eigenvalue weighted by Gasteiger charge is 2.27. The minimum absolute atomic E-state index is 0.151. The van der Waals surface area contributed by atoms with Crippen molar-refractivity contribution in [3.05, 3.63) is 46.9 Å². The SMILES string of the molecule is Fc1ccc(Nc2cc(Cl)nc(C3CC3)n2)c(F)c1. The van der Waals surface area contributed by atoms with Crippen molar-refractivity contribution in [1.29, 1.82) is 0 Å². The molecule has 1 aliphatic carbocycles. The molecular formula is C13H10ClF2N3. The summed E-state index contributed by atoms with van der Waals surface area (Å²) < 4.78 is 26.3. The number of halogens is 3. The van der Waals surface area contributed by atoms with E-state index in [1.54, 1.807) is 0 Å². The molecule has 0 bridgehead atoms. The molecular weight excluding hydrogens is 272 g/mol. The Kier molecular flexibility index (Phi) is 3.06. The summed E-state index contributed by atoms with van der Waals surface area (Å²) in [5.74, 6) is 0.118. The Bertz CT molecular complexity index is 629. The molecule has 6 heteroatoms. The van der Waals surface area contributed by atoms with E-state index in [9.17, 15) is 8.78 Å². The first-order valence-corrected chi connectivity index (χ1v) is 6.26. The van der Waals surface area contributed by atoms with E-state index in [4.69, 9.17) is 11.6 Å². The van der Waals surface area contributed by atoms with Gasteiger partial charge in [-0.2, -0.15) is 0 Å². The Morgan fingerprint density at radius 3 is 2.63 bits per heavy atom. The number of rotatable bonds is 3. The van der Waals surface area contributed by atoms with E-state index < -0.39 is 11.6 Å². The van der Waals surface area contributed by atoms with Gasteiger partial charge in [-0.15, -0.1) is 0 Å². The number of nitrogens with zero attached hydrogens (tertiary/aromatic N) is 2. The summed E-state index contributed by atoms with van der Waals surface area (Å²) in [6.07, 6.45) is 2.09. The molecule has 3 rings (SSSR count). The van der Waals surface area contributed by atoms with Gasteiger partial charge in [0, 0.05) is 18.1 Å². The van der Waals surface area contributed by atoms with Gasteiger partial charge in [0.2, 0.25) is 0 Å². The molecule has 0 aliphatic heterocycles. The molecule has 1 aromatic heterocycles. The van der Waals surface area contributed by atoms with Gasteiger partial charge in [-0.05, 0) is 25.0 Å². The van der Waals surface area contributed by atoms with E-state index in [2.05, 4.69) is 15.3 Å². The second-order valence-electron chi connectivity index (χ2n) is 4.46. The maximum Gasteiger partial charge on any atom is 0.149 e. The first-order valence-electron chi connectivity index (χ1n) is 5.88. The quantitative estimate of drug-likeness (QED) is 0.863. The van der Waals surface area contributed by atoms with Gasteiger partial charge in [-0.1, -0.05) is 11.6 Å². The highest BCUT2D eigenvalue weighted by molar-refractivity contribution is 6.29. The number of anilines is 2. The van der Waals surface area contributed by atoms with Gasteiger partial charge in [0.15, 0.2) is 0 Å². The summed E-state index contributed by atoms with van der Waals surface area (Å²) in [7, 11) is 0. The van der Waals surface area contributed by atoms with Crippen molar-refractivity contribution in [2.45, 2.75) is 18.8 Å². The fourth-order valence-corrected chi connectivity index (χ4v) is 1.94. The van der Waals surface area contributed by atoms with Crippen molar-refractivity contribution < 1.29 is 8.78 Å². The highest BCUT2D eigenvalue weighted by Crippen LogP contribution is 2.39.